The topological polar surface area (TPSA) is 55.6 Å². The second-order valence-corrected chi connectivity index (χ2v) is 5.39. The number of hydrogen-bond donors (Lipinski definition) is 1. The normalized spacial score (nSPS) is 15.9. The minimum Gasteiger partial charge on any atom is -0.398 e. The van der Waals surface area contributed by atoms with E-state index in [0.29, 0.717) is 22.3 Å². The zero-order valence-corrected chi connectivity index (χ0v) is 13.4. The van der Waals surface area contributed by atoms with Crippen molar-refractivity contribution in [2.24, 2.45) is 0 Å². The van der Waals surface area contributed by atoms with Crippen LogP contribution in [0.2, 0.25) is 0 Å². The Morgan fingerprint density at radius 1 is 1.42 bits per heavy atom. The number of carbonyl (C=O) groups is 1. The summed E-state index contributed by atoms with van der Waals surface area (Å²) in [5.74, 6) is 0. The summed E-state index contributed by atoms with van der Waals surface area (Å²) < 4.78 is 6.00. The molecule has 1 saturated heterocycles. The van der Waals surface area contributed by atoms with E-state index in [0.717, 1.165) is 31.9 Å². The molecule has 0 atom stereocenters. The molecule has 0 amide bonds. The Bertz CT molecular complexity index is 465. The molecule has 0 aromatic heterocycles. The third-order valence-electron chi connectivity index (χ3n) is 2.94. The second-order valence-electron chi connectivity index (χ2n) is 4.19. The largest absolute Gasteiger partial charge is 0.398 e. The lowest BCUT2D eigenvalue weighted by atomic mass is 10.1. The maximum Gasteiger partial charge on any atom is 0.252 e. The van der Waals surface area contributed by atoms with Gasteiger partial charge < -0.3 is 10.5 Å². The van der Waals surface area contributed by atoms with Crippen molar-refractivity contribution in [2.75, 3.05) is 32.0 Å². The first-order chi connectivity index (χ1) is 8.58. The van der Waals surface area contributed by atoms with E-state index in [1.165, 1.54) is 0 Å². The molecule has 1 heterocycles. The summed E-state index contributed by atoms with van der Waals surface area (Å²) in [4.78, 5) is 13.5. The Balaban J connectivity index is 0.00000180. The number of hydrogen-bond acceptors (Lipinski definition) is 4. The molecule has 19 heavy (non-hydrogen) atoms. The van der Waals surface area contributed by atoms with Gasteiger partial charge in [0.25, 0.3) is 5.24 Å². The number of ether oxygens (including phenoxy) is 1. The van der Waals surface area contributed by atoms with E-state index < -0.39 is 5.24 Å². The number of nitrogens with two attached hydrogens (primary N) is 1. The maximum absolute atomic E-state index is 11.2. The van der Waals surface area contributed by atoms with Gasteiger partial charge in [0.05, 0.1) is 18.9 Å². The van der Waals surface area contributed by atoms with Crippen molar-refractivity contribution in [2.45, 2.75) is 6.54 Å². The van der Waals surface area contributed by atoms with E-state index in [1.54, 1.807) is 12.1 Å². The Morgan fingerprint density at radius 2 is 2.05 bits per heavy atom. The van der Waals surface area contributed by atoms with Gasteiger partial charge in [-0.05, 0) is 45.2 Å². The summed E-state index contributed by atoms with van der Waals surface area (Å²) in [6, 6.07) is 3.40. The van der Waals surface area contributed by atoms with Crippen molar-refractivity contribution >= 4 is 50.9 Å². The van der Waals surface area contributed by atoms with Crippen LogP contribution in [0.5, 0.6) is 0 Å². The van der Waals surface area contributed by atoms with E-state index in [-0.39, 0.29) is 12.4 Å². The molecule has 0 radical (unpaired) electrons. The van der Waals surface area contributed by atoms with Crippen molar-refractivity contribution in [3.05, 3.63) is 27.7 Å². The fourth-order valence-corrected chi connectivity index (χ4v) is 2.53. The van der Waals surface area contributed by atoms with Crippen molar-refractivity contribution in [3.8, 4) is 0 Å². The number of carbonyl (C=O) groups excluding carboxylic acids is 1. The summed E-state index contributed by atoms with van der Waals surface area (Å²) >= 11 is 8.86. The van der Waals surface area contributed by atoms with Crippen molar-refractivity contribution < 1.29 is 9.53 Å². The third kappa shape index (κ3) is 4.33. The van der Waals surface area contributed by atoms with Gasteiger partial charge in [0.2, 0.25) is 0 Å². The lowest BCUT2D eigenvalue weighted by molar-refractivity contribution is 0.0342. The summed E-state index contributed by atoms with van der Waals surface area (Å²) in [7, 11) is 0. The van der Waals surface area contributed by atoms with Crippen LogP contribution in [0.4, 0.5) is 5.69 Å². The molecule has 106 valence electrons. The van der Waals surface area contributed by atoms with Gasteiger partial charge in [-0.15, -0.1) is 12.4 Å². The van der Waals surface area contributed by atoms with Gasteiger partial charge in [0.15, 0.2) is 0 Å². The standard InChI is InChI=1S/C12H14BrClN2O2.ClH/c13-10-6-8(12(14)17)5-9(11(10)15)7-16-1-3-18-4-2-16;/h5-6H,1-4,7,15H2;1H. The van der Waals surface area contributed by atoms with Crippen LogP contribution in [0.1, 0.15) is 15.9 Å². The van der Waals surface area contributed by atoms with Crippen LogP contribution < -0.4 is 5.73 Å². The van der Waals surface area contributed by atoms with Crippen molar-refractivity contribution in [1.29, 1.82) is 0 Å². The lowest BCUT2D eigenvalue weighted by Crippen LogP contribution is -2.35. The molecule has 0 bridgehead atoms. The number of rotatable bonds is 3. The number of nitrogens with zero attached hydrogens (tertiary/aromatic N) is 1. The average Bonchev–Trinajstić information content (AvgIpc) is 2.35. The summed E-state index contributed by atoms with van der Waals surface area (Å²) in [5.41, 5.74) is 8.04. The van der Waals surface area contributed by atoms with Crippen LogP contribution in [-0.2, 0) is 11.3 Å². The minimum atomic E-state index is -0.473. The average molecular weight is 370 g/mol. The molecule has 0 spiro atoms. The highest BCUT2D eigenvalue weighted by atomic mass is 79.9. The van der Waals surface area contributed by atoms with Gasteiger partial charge in [-0.3, -0.25) is 9.69 Å². The fourth-order valence-electron chi connectivity index (χ4n) is 1.92. The van der Waals surface area contributed by atoms with Gasteiger partial charge >= 0.3 is 0 Å². The molecule has 2 N–H and O–H groups in total. The van der Waals surface area contributed by atoms with Gasteiger partial charge in [0, 0.05) is 29.7 Å². The first-order valence-electron chi connectivity index (χ1n) is 5.66. The first-order valence-corrected chi connectivity index (χ1v) is 6.83. The molecule has 0 unspecified atom stereocenters. The number of morpholine rings is 1. The Morgan fingerprint density at radius 3 is 2.63 bits per heavy atom. The van der Waals surface area contributed by atoms with Crippen LogP contribution in [0.3, 0.4) is 0 Å². The molecular weight excluding hydrogens is 355 g/mol. The molecule has 0 saturated carbocycles. The molecule has 4 nitrogen and oxygen atoms in total. The zero-order chi connectivity index (χ0) is 13.1. The quantitative estimate of drug-likeness (QED) is 0.657. The Hall–Kier alpha value is -0.330. The minimum absolute atomic E-state index is 0. The molecule has 7 heteroatoms. The molecule has 2 rings (SSSR count). The number of halogens is 3. The zero-order valence-electron chi connectivity index (χ0n) is 10.2. The molecule has 1 aromatic rings. The highest BCUT2D eigenvalue weighted by Crippen LogP contribution is 2.27. The van der Waals surface area contributed by atoms with Crippen molar-refractivity contribution in [3.63, 3.8) is 0 Å². The number of nitrogen functional groups attached to an aromatic ring is 1. The monoisotopic (exact) mass is 368 g/mol. The smallest absolute Gasteiger partial charge is 0.252 e. The summed E-state index contributed by atoms with van der Waals surface area (Å²) in [5, 5.41) is -0.473. The maximum atomic E-state index is 11.2. The summed E-state index contributed by atoms with van der Waals surface area (Å²) in [6.07, 6.45) is 0. The Kier molecular flexibility index (Phi) is 6.56. The predicted octanol–water partition coefficient (Wildman–Crippen LogP) is 2.66. The third-order valence-corrected chi connectivity index (χ3v) is 3.81. The highest BCUT2D eigenvalue weighted by molar-refractivity contribution is 9.10. The van der Waals surface area contributed by atoms with E-state index >= 15 is 0 Å². The van der Waals surface area contributed by atoms with E-state index in [9.17, 15) is 4.79 Å². The van der Waals surface area contributed by atoms with Crippen LogP contribution in [0.15, 0.2) is 16.6 Å². The van der Waals surface area contributed by atoms with Crippen LogP contribution in [0, 0.1) is 0 Å². The van der Waals surface area contributed by atoms with Crippen LogP contribution >= 0.6 is 39.9 Å². The molecule has 1 fully saturated rings. The van der Waals surface area contributed by atoms with Gasteiger partial charge in [-0.25, -0.2) is 0 Å². The molecule has 1 aliphatic heterocycles. The number of benzene rings is 1. The molecular formula is C12H15BrCl2N2O2. The summed E-state index contributed by atoms with van der Waals surface area (Å²) in [6.45, 7) is 3.91. The van der Waals surface area contributed by atoms with Crippen LogP contribution in [0.25, 0.3) is 0 Å². The van der Waals surface area contributed by atoms with E-state index in [4.69, 9.17) is 22.1 Å². The SMILES string of the molecule is Cl.Nc1c(Br)cc(C(=O)Cl)cc1CN1CCOCC1. The van der Waals surface area contributed by atoms with Gasteiger partial charge in [-0.2, -0.15) is 0 Å². The predicted molar refractivity (Wildman–Crippen MR) is 82.1 cm³/mol. The lowest BCUT2D eigenvalue weighted by Gasteiger charge is -2.27. The number of anilines is 1. The highest BCUT2D eigenvalue weighted by Gasteiger charge is 2.15. The van der Waals surface area contributed by atoms with E-state index in [1.807, 2.05) is 0 Å². The molecule has 1 aromatic carbocycles. The van der Waals surface area contributed by atoms with Gasteiger partial charge in [-0.1, -0.05) is 0 Å². The molecule has 0 aliphatic carbocycles. The fraction of sp³-hybridized carbons (Fsp3) is 0.417. The second kappa shape index (κ2) is 7.45. The van der Waals surface area contributed by atoms with Crippen molar-refractivity contribution in [1.82, 2.24) is 4.90 Å². The first kappa shape index (κ1) is 16.7. The van der Waals surface area contributed by atoms with Gasteiger partial charge in [0.1, 0.15) is 0 Å². The Labute approximate surface area is 131 Å². The van der Waals surface area contributed by atoms with Crippen LogP contribution in [-0.4, -0.2) is 36.4 Å². The molecule has 1 aliphatic rings. The van der Waals surface area contributed by atoms with E-state index in [2.05, 4.69) is 20.8 Å².